The molecule has 0 radical (unpaired) electrons. The van der Waals surface area contributed by atoms with Gasteiger partial charge in [0.25, 0.3) is 0 Å². The van der Waals surface area contributed by atoms with Crippen LogP contribution in [-0.2, 0) is 9.59 Å². The molecule has 4 nitrogen and oxygen atoms in total. The van der Waals surface area contributed by atoms with Gasteiger partial charge in [-0.2, -0.15) is 0 Å². The average molecular weight is 316 g/mol. The molecule has 2 amide bonds. The van der Waals surface area contributed by atoms with Crippen molar-refractivity contribution in [3.63, 3.8) is 0 Å². The minimum atomic E-state index is -0.0583. The van der Waals surface area contributed by atoms with Crippen molar-refractivity contribution in [3.05, 3.63) is 24.8 Å². The lowest BCUT2D eigenvalue weighted by molar-refractivity contribution is -0.118. The molecule has 126 valence electrons. The largest absolute Gasteiger partial charge is 0.352 e. The molecule has 0 aliphatic heterocycles. The molecule has 0 aromatic heterocycles. The highest BCUT2D eigenvalue weighted by atomic mass is 16.2. The fraction of sp³-hybridized carbons (Fsp3) is 0.684. The number of hydrogen-bond acceptors (Lipinski definition) is 2. The van der Waals surface area contributed by atoms with Crippen LogP contribution in [-0.4, -0.2) is 24.9 Å². The smallest absolute Gasteiger partial charge is 0.246 e. The zero-order valence-electron chi connectivity index (χ0n) is 14.0. The van der Waals surface area contributed by atoms with Crippen LogP contribution >= 0.6 is 0 Å². The Balaban J connectivity index is 1.54. The number of fused-ring (bicyclic) bond motifs is 5. The summed E-state index contributed by atoms with van der Waals surface area (Å²) in [7, 11) is 0. The van der Waals surface area contributed by atoms with Gasteiger partial charge in [-0.1, -0.05) is 13.2 Å². The Morgan fingerprint density at radius 1 is 1.09 bits per heavy atom. The van der Waals surface area contributed by atoms with Crippen LogP contribution in [0.5, 0.6) is 0 Å². The number of amides is 2. The lowest BCUT2D eigenvalue weighted by atomic mass is 9.73. The zero-order valence-corrected chi connectivity index (χ0v) is 14.0. The number of nitrogens with one attached hydrogen (secondary N) is 2. The van der Waals surface area contributed by atoms with Crippen LogP contribution < -0.4 is 10.6 Å². The third kappa shape index (κ3) is 3.08. The summed E-state index contributed by atoms with van der Waals surface area (Å²) in [4.78, 5) is 23.1. The van der Waals surface area contributed by atoms with E-state index in [-0.39, 0.29) is 11.8 Å². The van der Waals surface area contributed by atoms with Gasteiger partial charge in [0.1, 0.15) is 0 Å². The Morgan fingerprint density at radius 3 is 2.52 bits per heavy atom. The van der Waals surface area contributed by atoms with Crippen LogP contribution in [0.1, 0.15) is 32.6 Å². The van der Waals surface area contributed by atoms with E-state index in [2.05, 4.69) is 23.8 Å². The van der Waals surface area contributed by atoms with Crippen molar-refractivity contribution in [2.75, 3.05) is 13.1 Å². The van der Waals surface area contributed by atoms with Gasteiger partial charge in [-0.15, -0.1) is 0 Å². The van der Waals surface area contributed by atoms with E-state index in [1.165, 1.54) is 31.8 Å². The van der Waals surface area contributed by atoms with E-state index in [1.54, 1.807) is 6.92 Å². The van der Waals surface area contributed by atoms with E-state index in [1.807, 2.05) is 0 Å². The molecule has 0 aromatic rings. The molecule has 3 fully saturated rings. The Bertz CT molecular complexity index is 527. The van der Waals surface area contributed by atoms with Gasteiger partial charge in [-0.05, 0) is 74.2 Å². The maximum absolute atomic E-state index is 11.7. The Morgan fingerprint density at radius 2 is 1.83 bits per heavy atom. The maximum atomic E-state index is 11.7. The van der Waals surface area contributed by atoms with E-state index in [0.29, 0.717) is 17.4 Å². The van der Waals surface area contributed by atoms with E-state index >= 15 is 0 Å². The Labute approximate surface area is 138 Å². The maximum Gasteiger partial charge on any atom is 0.246 e. The van der Waals surface area contributed by atoms with Crippen molar-refractivity contribution in [1.82, 2.24) is 10.6 Å². The summed E-state index contributed by atoms with van der Waals surface area (Å²) in [5.74, 6) is 4.30. The van der Waals surface area contributed by atoms with Crippen molar-refractivity contribution in [2.24, 2.45) is 35.5 Å². The quantitative estimate of drug-likeness (QED) is 0.739. The van der Waals surface area contributed by atoms with Crippen LogP contribution in [0.4, 0.5) is 0 Å². The molecule has 3 rings (SSSR count). The van der Waals surface area contributed by atoms with E-state index in [9.17, 15) is 9.59 Å². The van der Waals surface area contributed by atoms with E-state index in [4.69, 9.17) is 0 Å². The summed E-state index contributed by atoms with van der Waals surface area (Å²) in [6.45, 7) is 10.6. The van der Waals surface area contributed by atoms with Gasteiger partial charge in [0.05, 0.1) is 0 Å². The van der Waals surface area contributed by atoms with Crippen molar-refractivity contribution in [3.8, 4) is 0 Å². The molecule has 0 saturated heterocycles. The van der Waals surface area contributed by atoms with Gasteiger partial charge < -0.3 is 10.6 Å². The fourth-order valence-corrected chi connectivity index (χ4v) is 5.57. The molecule has 23 heavy (non-hydrogen) atoms. The molecule has 6 unspecified atom stereocenters. The Kier molecular flexibility index (Phi) is 4.60. The lowest BCUT2D eigenvalue weighted by Gasteiger charge is -2.34. The molecule has 3 aliphatic rings. The molecular weight excluding hydrogens is 288 g/mol. The first-order valence-electron chi connectivity index (χ1n) is 8.85. The van der Waals surface area contributed by atoms with Crippen LogP contribution in [0, 0.1) is 35.5 Å². The van der Waals surface area contributed by atoms with Crippen LogP contribution in [0.15, 0.2) is 24.8 Å². The van der Waals surface area contributed by atoms with Gasteiger partial charge in [-0.25, -0.2) is 0 Å². The summed E-state index contributed by atoms with van der Waals surface area (Å²) >= 11 is 0. The SMILES string of the molecule is C=CC(=O)NCC1CCC2C3CC(CC3CNC(=O)C(=C)C)C12. The van der Waals surface area contributed by atoms with Crippen LogP contribution in [0.2, 0.25) is 0 Å². The summed E-state index contributed by atoms with van der Waals surface area (Å²) in [5, 5.41) is 6.03. The average Bonchev–Trinajstić information content (AvgIpc) is 3.21. The fourth-order valence-electron chi connectivity index (χ4n) is 5.57. The predicted molar refractivity (Wildman–Crippen MR) is 90.4 cm³/mol. The second-order valence-electron chi connectivity index (χ2n) is 7.67. The van der Waals surface area contributed by atoms with Crippen molar-refractivity contribution in [1.29, 1.82) is 0 Å². The molecule has 2 N–H and O–H groups in total. The summed E-state index contributed by atoms with van der Waals surface area (Å²) in [6, 6.07) is 0. The molecule has 0 spiro atoms. The first-order valence-corrected chi connectivity index (χ1v) is 8.85. The van der Waals surface area contributed by atoms with Crippen molar-refractivity contribution < 1.29 is 9.59 Å². The molecule has 3 aliphatic carbocycles. The number of carbonyl (C=O) groups is 2. The number of rotatable bonds is 6. The molecule has 6 atom stereocenters. The molecule has 0 aromatic carbocycles. The van der Waals surface area contributed by atoms with Gasteiger partial charge >= 0.3 is 0 Å². The monoisotopic (exact) mass is 316 g/mol. The minimum Gasteiger partial charge on any atom is -0.352 e. The minimum absolute atomic E-state index is 0.0132. The lowest BCUT2D eigenvalue weighted by Crippen LogP contribution is -2.37. The van der Waals surface area contributed by atoms with Crippen LogP contribution in [0.25, 0.3) is 0 Å². The third-order valence-electron chi connectivity index (χ3n) is 6.43. The zero-order chi connectivity index (χ0) is 16.6. The van der Waals surface area contributed by atoms with Crippen LogP contribution in [0.3, 0.4) is 0 Å². The highest BCUT2D eigenvalue weighted by Crippen LogP contribution is 2.62. The van der Waals surface area contributed by atoms with E-state index in [0.717, 1.165) is 36.8 Å². The molecule has 0 heterocycles. The molecule has 4 heteroatoms. The van der Waals surface area contributed by atoms with Gasteiger partial charge in [0.15, 0.2) is 0 Å². The second-order valence-corrected chi connectivity index (χ2v) is 7.67. The van der Waals surface area contributed by atoms with Crippen molar-refractivity contribution in [2.45, 2.75) is 32.6 Å². The normalized spacial score (nSPS) is 37.3. The first-order chi connectivity index (χ1) is 11.0. The standard InChI is InChI=1S/C19H28N2O2/c1-4-17(22)20-9-12-5-6-15-16-8-13(18(12)15)7-14(16)10-21-19(23)11(2)3/h4,12-16,18H,1-2,5-10H2,3H3,(H,20,22)(H,21,23). The number of hydrogen-bond donors (Lipinski definition) is 2. The topological polar surface area (TPSA) is 58.2 Å². The summed E-state index contributed by atoms with van der Waals surface area (Å²) < 4.78 is 0. The van der Waals surface area contributed by atoms with Gasteiger partial charge in [0.2, 0.25) is 11.8 Å². The van der Waals surface area contributed by atoms with Crippen molar-refractivity contribution >= 4 is 11.8 Å². The second kappa shape index (κ2) is 6.50. The first kappa shape index (κ1) is 16.3. The summed E-state index contributed by atoms with van der Waals surface area (Å²) in [6.07, 6.45) is 6.41. The predicted octanol–water partition coefficient (Wildman–Crippen LogP) is 2.28. The molecule has 2 bridgehead atoms. The third-order valence-corrected chi connectivity index (χ3v) is 6.43. The van der Waals surface area contributed by atoms with Gasteiger partial charge in [0, 0.05) is 18.7 Å². The molecule has 3 saturated carbocycles. The highest BCUT2D eigenvalue weighted by Gasteiger charge is 2.56. The summed E-state index contributed by atoms with van der Waals surface area (Å²) in [5.41, 5.74) is 0.588. The Hall–Kier alpha value is -1.58. The van der Waals surface area contributed by atoms with E-state index < -0.39 is 0 Å². The number of carbonyl (C=O) groups excluding carboxylic acids is 2. The van der Waals surface area contributed by atoms with Gasteiger partial charge in [-0.3, -0.25) is 9.59 Å². The highest BCUT2D eigenvalue weighted by molar-refractivity contribution is 5.92. The molecular formula is C19H28N2O2.